The number of hydrogen-bond donors (Lipinski definition) is 1. The maximum Gasteiger partial charge on any atom is 0.154 e. The number of hydrogen-bond acceptors (Lipinski definition) is 2. The second-order valence-electron chi connectivity index (χ2n) is 3.01. The maximum atomic E-state index is 9.13. The third kappa shape index (κ3) is 3.04. The summed E-state index contributed by atoms with van der Waals surface area (Å²) in [7, 11) is 0. The van der Waals surface area contributed by atoms with Gasteiger partial charge in [-0.2, -0.15) is 0 Å². The summed E-state index contributed by atoms with van der Waals surface area (Å²) in [6, 6.07) is 0. The van der Waals surface area contributed by atoms with Crippen molar-refractivity contribution in [1.29, 1.82) is 0 Å². The van der Waals surface area contributed by atoms with Gasteiger partial charge in [0, 0.05) is 0 Å². The summed E-state index contributed by atoms with van der Waals surface area (Å²) in [5.74, 6) is 0. The summed E-state index contributed by atoms with van der Waals surface area (Å²) >= 11 is 0. The fourth-order valence-electron chi connectivity index (χ4n) is 1.39. The highest BCUT2D eigenvalue weighted by Crippen LogP contribution is 2.20. The SMILES string of the molecule is C=CCCC1CCCC(O)O1. The Labute approximate surface area is 67.9 Å². The van der Waals surface area contributed by atoms with E-state index in [9.17, 15) is 0 Å². The van der Waals surface area contributed by atoms with Crippen molar-refractivity contribution in [3.05, 3.63) is 12.7 Å². The molecule has 0 radical (unpaired) electrons. The Morgan fingerprint density at radius 3 is 3.00 bits per heavy atom. The molecule has 0 aromatic carbocycles. The summed E-state index contributed by atoms with van der Waals surface area (Å²) in [6.07, 6.45) is 6.59. The van der Waals surface area contributed by atoms with Crippen LogP contribution in [0, 0.1) is 0 Å². The lowest BCUT2D eigenvalue weighted by molar-refractivity contribution is -0.163. The first-order chi connectivity index (χ1) is 5.33. The third-order valence-electron chi connectivity index (χ3n) is 2.02. The Kier molecular flexibility index (Phi) is 3.60. The zero-order valence-electron chi connectivity index (χ0n) is 6.83. The van der Waals surface area contributed by atoms with Crippen LogP contribution in [0.3, 0.4) is 0 Å². The van der Waals surface area contributed by atoms with Crippen molar-refractivity contribution in [2.75, 3.05) is 0 Å². The average Bonchev–Trinajstić information content (AvgIpc) is 2.01. The van der Waals surface area contributed by atoms with Crippen LogP contribution in [0.1, 0.15) is 32.1 Å². The average molecular weight is 156 g/mol. The molecule has 0 spiro atoms. The fraction of sp³-hybridized carbons (Fsp3) is 0.778. The lowest BCUT2D eigenvalue weighted by Gasteiger charge is -2.26. The molecule has 0 bridgehead atoms. The van der Waals surface area contributed by atoms with Gasteiger partial charge in [0.2, 0.25) is 0 Å². The fourth-order valence-corrected chi connectivity index (χ4v) is 1.39. The molecule has 2 unspecified atom stereocenters. The normalized spacial score (nSPS) is 31.7. The van der Waals surface area contributed by atoms with E-state index >= 15 is 0 Å². The zero-order valence-corrected chi connectivity index (χ0v) is 6.83. The van der Waals surface area contributed by atoms with Crippen molar-refractivity contribution in [2.45, 2.75) is 44.5 Å². The lowest BCUT2D eigenvalue weighted by atomic mass is 10.0. The monoisotopic (exact) mass is 156 g/mol. The molecule has 11 heavy (non-hydrogen) atoms. The first kappa shape index (κ1) is 8.75. The van der Waals surface area contributed by atoms with E-state index in [1.54, 1.807) is 0 Å². The third-order valence-corrected chi connectivity index (χ3v) is 2.02. The van der Waals surface area contributed by atoms with Crippen LogP contribution in [-0.2, 0) is 4.74 Å². The summed E-state index contributed by atoms with van der Waals surface area (Å²) in [5, 5.41) is 9.13. The van der Waals surface area contributed by atoms with Crippen LogP contribution in [0.5, 0.6) is 0 Å². The standard InChI is InChI=1S/C9H16O2/c1-2-3-5-8-6-4-7-9(10)11-8/h2,8-10H,1,3-7H2. The summed E-state index contributed by atoms with van der Waals surface area (Å²) in [6.45, 7) is 3.65. The minimum Gasteiger partial charge on any atom is -0.368 e. The number of ether oxygens (including phenoxy) is 1. The molecule has 2 nitrogen and oxygen atoms in total. The number of rotatable bonds is 3. The Morgan fingerprint density at radius 1 is 1.55 bits per heavy atom. The molecule has 1 aliphatic rings. The molecule has 2 heteroatoms. The highest BCUT2D eigenvalue weighted by Gasteiger charge is 2.18. The van der Waals surface area contributed by atoms with Gasteiger partial charge in [0.15, 0.2) is 6.29 Å². The van der Waals surface area contributed by atoms with E-state index in [0.717, 1.165) is 32.1 Å². The molecule has 64 valence electrons. The van der Waals surface area contributed by atoms with E-state index in [4.69, 9.17) is 9.84 Å². The predicted octanol–water partition coefficient (Wildman–Crippen LogP) is 1.84. The smallest absolute Gasteiger partial charge is 0.154 e. The van der Waals surface area contributed by atoms with Crippen molar-refractivity contribution >= 4 is 0 Å². The molecule has 0 aliphatic carbocycles. The minimum absolute atomic E-state index is 0.261. The van der Waals surface area contributed by atoms with E-state index in [1.165, 1.54) is 0 Å². The van der Waals surface area contributed by atoms with E-state index in [1.807, 2.05) is 6.08 Å². The topological polar surface area (TPSA) is 29.5 Å². The van der Waals surface area contributed by atoms with Crippen LogP contribution < -0.4 is 0 Å². The minimum atomic E-state index is -0.515. The Hall–Kier alpha value is -0.340. The van der Waals surface area contributed by atoms with Gasteiger partial charge in [-0.25, -0.2) is 0 Å². The number of allylic oxidation sites excluding steroid dienone is 1. The van der Waals surface area contributed by atoms with Crippen molar-refractivity contribution in [3.8, 4) is 0 Å². The van der Waals surface area contributed by atoms with Crippen molar-refractivity contribution in [1.82, 2.24) is 0 Å². The molecule has 1 aliphatic heterocycles. The number of aliphatic hydroxyl groups excluding tert-OH is 1. The van der Waals surface area contributed by atoms with Crippen molar-refractivity contribution in [2.24, 2.45) is 0 Å². The Bertz CT molecular complexity index is 123. The second-order valence-corrected chi connectivity index (χ2v) is 3.01. The van der Waals surface area contributed by atoms with Crippen LogP contribution in [0.4, 0.5) is 0 Å². The lowest BCUT2D eigenvalue weighted by Crippen LogP contribution is -2.26. The summed E-state index contributed by atoms with van der Waals surface area (Å²) < 4.78 is 5.30. The highest BCUT2D eigenvalue weighted by molar-refractivity contribution is 4.72. The van der Waals surface area contributed by atoms with Crippen LogP contribution >= 0.6 is 0 Å². The zero-order chi connectivity index (χ0) is 8.10. The van der Waals surface area contributed by atoms with E-state index < -0.39 is 6.29 Å². The van der Waals surface area contributed by atoms with E-state index in [2.05, 4.69) is 6.58 Å². The predicted molar refractivity (Wildman–Crippen MR) is 44.2 cm³/mol. The molecule has 0 aromatic heterocycles. The van der Waals surface area contributed by atoms with Gasteiger partial charge >= 0.3 is 0 Å². The molecular formula is C9H16O2. The molecular weight excluding hydrogens is 140 g/mol. The quantitative estimate of drug-likeness (QED) is 0.632. The van der Waals surface area contributed by atoms with Crippen molar-refractivity contribution < 1.29 is 9.84 Å². The van der Waals surface area contributed by atoms with Gasteiger partial charge in [-0.1, -0.05) is 6.08 Å². The molecule has 0 amide bonds. The molecule has 2 atom stereocenters. The van der Waals surface area contributed by atoms with Gasteiger partial charge < -0.3 is 9.84 Å². The van der Waals surface area contributed by atoms with Crippen LogP contribution in [0.15, 0.2) is 12.7 Å². The summed E-state index contributed by atoms with van der Waals surface area (Å²) in [4.78, 5) is 0. The molecule has 0 aromatic rings. The number of aliphatic hydroxyl groups is 1. The molecule has 1 rings (SSSR count). The second kappa shape index (κ2) is 4.52. The van der Waals surface area contributed by atoms with E-state index in [0.29, 0.717) is 0 Å². The first-order valence-corrected chi connectivity index (χ1v) is 4.27. The highest BCUT2D eigenvalue weighted by atomic mass is 16.6. The molecule has 1 saturated heterocycles. The van der Waals surface area contributed by atoms with Gasteiger partial charge in [-0.3, -0.25) is 0 Å². The van der Waals surface area contributed by atoms with Gasteiger partial charge in [0.05, 0.1) is 6.10 Å². The summed E-state index contributed by atoms with van der Waals surface area (Å²) in [5.41, 5.74) is 0. The van der Waals surface area contributed by atoms with E-state index in [-0.39, 0.29) is 6.10 Å². The first-order valence-electron chi connectivity index (χ1n) is 4.27. The molecule has 1 heterocycles. The maximum absolute atomic E-state index is 9.13. The van der Waals surface area contributed by atoms with Gasteiger partial charge in [-0.05, 0) is 32.1 Å². The molecule has 1 N–H and O–H groups in total. The van der Waals surface area contributed by atoms with Gasteiger partial charge in [0.1, 0.15) is 0 Å². The van der Waals surface area contributed by atoms with Gasteiger partial charge in [0.25, 0.3) is 0 Å². The Balaban J connectivity index is 2.17. The van der Waals surface area contributed by atoms with Crippen LogP contribution in [-0.4, -0.2) is 17.5 Å². The van der Waals surface area contributed by atoms with Crippen LogP contribution in [0.2, 0.25) is 0 Å². The molecule has 1 fully saturated rings. The molecule has 0 saturated carbocycles. The van der Waals surface area contributed by atoms with Gasteiger partial charge in [-0.15, -0.1) is 6.58 Å². The van der Waals surface area contributed by atoms with Crippen molar-refractivity contribution in [3.63, 3.8) is 0 Å². The Morgan fingerprint density at radius 2 is 2.36 bits per heavy atom. The largest absolute Gasteiger partial charge is 0.368 e. The van der Waals surface area contributed by atoms with Crippen LogP contribution in [0.25, 0.3) is 0 Å².